The van der Waals surface area contributed by atoms with Gasteiger partial charge in [0.05, 0.1) is 0 Å². The first-order valence-corrected chi connectivity index (χ1v) is 6.45. The zero-order chi connectivity index (χ0) is 12.2. The van der Waals surface area contributed by atoms with Crippen LogP contribution in [0.4, 0.5) is 0 Å². The molecule has 0 aliphatic carbocycles. The fourth-order valence-electron chi connectivity index (χ4n) is 2.55. The first-order chi connectivity index (χ1) is 8.92. The van der Waals surface area contributed by atoms with E-state index in [0.29, 0.717) is 5.92 Å². The Hall–Kier alpha value is -1.74. The molecule has 2 heterocycles. The minimum atomic E-state index is 0.495. The highest BCUT2D eigenvalue weighted by Crippen LogP contribution is 2.25. The van der Waals surface area contributed by atoms with E-state index in [1.54, 1.807) is 0 Å². The maximum absolute atomic E-state index is 4.36. The van der Waals surface area contributed by atoms with Crippen LogP contribution < -0.4 is 0 Å². The van der Waals surface area contributed by atoms with Crippen molar-refractivity contribution in [1.29, 1.82) is 0 Å². The Morgan fingerprint density at radius 3 is 2.61 bits per heavy atom. The van der Waals surface area contributed by atoms with Gasteiger partial charge in [0.25, 0.3) is 0 Å². The Balaban J connectivity index is 1.62. The standard InChI is InChI=1S/C15H17N3/c1-2-5-13(6-3-1)11-18-10-7-14(12-18)15-16-8-4-9-17-15/h1-6,8-9,14H,7,10-12H2. The Kier molecular flexibility index (Phi) is 3.33. The molecule has 0 saturated carbocycles. The molecule has 3 heteroatoms. The molecule has 0 N–H and O–H groups in total. The second-order valence-corrected chi connectivity index (χ2v) is 4.81. The number of hydrogen-bond donors (Lipinski definition) is 0. The predicted octanol–water partition coefficient (Wildman–Crippen LogP) is 2.47. The van der Waals surface area contributed by atoms with Gasteiger partial charge in [0.1, 0.15) is 5.82 Å². The molecule has 1 aromatic heterocycles. The van der Waals surface area contributed by atoms with Gasteiger partial charge in [0.2, 0.25) is 0 Å². The summed E-state index contributed by atoms with van der Waals surface area (Å²) < 4.78 is 0. The second kappa shape index (κ2) is 5.27. The minimum Gasteiger partial charge on any atom is -0.298 e. The Morgan fingerprint density at radius 2 is 1.83 bits per heavy atom. The van der Waals surface area contributed by atoms with Gasteiger partial charge < -0.3 is 0 Å². The molecular weight excluding hydrogens is 222 g/mol. The van der Waals surface area contributed by atoms with Crippen LogP contribution in [0.1, 0.15) is 23.7 Å². The Bertz CT molecular complexity index is 484. The number of hydrogen-bond acceptors (Lipinski definition) is 3. The van der Waals surface area contributed by atoms with Crippen molar-refractivity contribution in [2.45, 2.75) is 18.9 Å². The lowest BCUT2D eigenvalue weighted by Gasteiger charge is -2.15. The van der Waals surface area contributed by atoms with Gasteiger partial charge >= 0.3 is 0 Å². The molecule has 92 valence electrons. The van der Waals surface area contributed by atoms with Crippen LogP contribution in [0.15, 0.2) is 48.8 Å². The molecule has 2 aromatic rings. The largest absolute Gasteiger partial charge is 0.298 e. The summed E-state index contributed by atoms with van der Waals surface area (Å²) in [6, 6.07) is 12.5. The molecule has 1 aliphatic heterocycles. The number of nitrogens with zero attached hydrogens (tertiary/aromatic N) is 3. The first kappa shape index (κ1) is 11.4. The van der Waals surface area contributed by atoms with E-state index in [9.17, 15) is 0 Å². The Morgan fingerprint density at radius 1 is 1.06 bits per heavy atom. The van der Waals surface area contributed by atoms with Crippen LogP contribution in [0.2, 0.25) is 0 Å². The van der Waals surface area contributed by atoms with E-state index < -0.39 is 0 Å². The van der Waals surface area contributed by atoms with Gasteiger partial charge in [-0.15, -0.1) is 0 Å². The summed E-state index contributed by atoms with van der Waals surface area (Å²) >= 11 is 0. The van der Waals surface area contributed by atoms with Crippen molar-refractivity contribution in [1.82, 2.24) is 14.9 Å². The normalized spacial score (nSPS) is 20.1. The average molecular weight is 239 g/mol. The summed E-state index contributed by atoms with van der Waals surface area (Å²) in [5.41, 5.74) is 1.38. The van der Waals surface area contributed by atoms with Crippen LogP contribution >= 0.6 is 0 Å². The van der Waals surface area contributed by atoms with Gasteiger partial charge in [-0.25, -0.2) is 9.97 Å². The molecule has 1 aliphatic rings. The summed E-state index contributed by atoms with van der Waals surface area (Å²) in [5.74, 6) is 1.49. The van der Waals surface area contributed by atoms with Crippen LogP contribution in [-0.2, 0) is 6.54 Å². The molecule has 0 spiro atoms. The molecular formula is C15H17N3. The lowest BCUT2D eigenvalue weighted by molar-refractivity contribution is 0.325. The predicted molar refractivity (Wildman–Crippen MR) is 71.1 cm³/mol. The van der Waals surface area contributed by atoms with Crippen molar-refractivity contribution in [3.8, 4) is 0 Å². The topological polar surface area (TPSA) is 29.0 Å². The summed E-state index contributed by atoms with van der Waals surface area (Å²) in [6.45, 7) is 3.24. The van der Waals surface area contributed by atoms with Crippen molar-refractivity contribution in [2.24, 2.45) is 0 Å². The molecule has 0 bridgehead atoms. The Labute approximate surface area is 108 Å². The summed E-state index contributed by atoms with van der Waals surface area (Å²) in [7, 11) is 0. The van der Waals surface area contributed by atoms with Crippen molar-refractivity contribution in [2.75, 3.05) is 13.1 Å². The lowest BCUT2D eigenvalue weighted by Crippen LogP contribution is -2.20. The van der Waals surface area contributed by atoms with Crippen molar-refractivity contribution in [3.63, 3.8) is 0 Å². The lowest BCUT2D eigenvalue weighted by atomic mass is 10.1. The van der Waals surface area contributed by atoms with Crippen molar-refractivity contribution < 1.29 is 0 Å². The minimum absolute atomic E-state index is 0.495. The van der Waals surface area contributed by atoms with Crippen LogP contribution in [0.25, 0.3) is 0 Å². The summed E-state index contributed by atoms with van der Waals surface area (Å²) in [6.07, 6.45) is 4.83. The van der Waals surface area contributed by atoms with Crippen LogP contribution in [0, 0.1) is 0 Å². The number of benzene rings is 1. The van der Waals surface area contributed by atoms with E-state index in [2.05, 4.69) is 45.2 Å². The van der Waals surface area contributed by atoms with E-state index in [0.717, 1.165) is 31.9 Å². The molecule has 1 fully saturated rings. The number of aromatic nitrogens is 2. The maximum Gasteiger partial charge on any atom is 0.132 e. The highest BCUT2D eigenvalue weighted by Gasteiger charge is 2.25. The number of rotatable bonds is 3. The van der Waals surface area contributed by atoms with Gasteiger partial charge in [-0.3, -0.25) is 4.90 Å². The van der Waals surface area contributed by atoms with E-state index in [4.69, 9.17) is 0 Å². The first-order valence-electron chi connectivity index (χ1n) is 6.45. The number of likely N-dealkylation sites (tertiary alicyclic amines) is 1. The molecule has 0 amide bonds. The van der Waals surface area contributed by atoms with Crippen molar-refractivity contribution >= 4 is 0 Å². The third-order valence-electron chi connectivity index (χ3n) is 3.47. The van der Waals surface area contributed by atoms with E-state index in [-0.39, 0.29) is 0 Å². The van der Waals surface area contributed by atoms with Crippen molar-refractivity contribution in [3.05, 3.63) is 60.2 Å². The van der Waals surface area contributed by atoms with Gasteiger partial charge in [-0.1, -0.05) is 30.3 Å². The van der Waals surface area contributed by atoms with Gasteiger partial charge in [-0.05, 0) is 24.6 Å². The van der Waals surface area contributed by atoms with Gasteiger partial charge in [0.15, 0.2) is 0 Å². The van der Waals surface area contributed by atoms with Gasteiger partial charge in [-0.2, -0.15) is 0 Å². The molecule has 3 nitrogen and oxygen atoms in total. The van der Waals surface area contributed by atoms with E-state index in [1.165, 1.54) is 5.56 Å². The van der Waals surface area contributed by atoms with E-state index >= 15 is 0 Å². The molecule has 1 unspecified atom stereocenters. The monoisotopic (exact) mass is 239 g/mol. The van der Waals surface area contributed by atoms with E-state index in [1.807, 2.05) is 18.5 Å². The quantitative estimate of drug-likeness (QED) is 0.824. The van der Waals surface area contributed by atoms with Crippen LogP contribution in [-0.4, -0.2) is 28.0 Å². The molecule has 1 saturated heterocycles. The smallest absolute Gasteiger partial charge is 0.132 e. The molecule has 1 aromatic carbocycles. The third-order valence-corrected chi connectivity index (χ3v) is 3.47. The third kappa shape index (κ3) is 2.57. The highest BCUT2D eigenvalue weighted by atomic mass is 15.1. The molecule has 1 atom stereocenters. The highest BCUT2D eigenvalue weighted by molar-refractivity contribution is 5.15. The molecule has 0 radical (unpaired) electrons. The molecule has 3 rings (SSSR count). The summed E-state index contributed by atoms with van der Waals surface area (Å²) in [4.78, 5) is 11.2. The average Bonchev–Trinajstić information content (AvgIpc) is 2.89. The summed E-state index contributed by atoms with van der Waals surface area (Å²) in [5, 5.41) is 0. The zero-order valence-electron chi connectivity index (χ0n) is 10.4. The maximum atomic E-state index is 4.36. The fraction of sp³-hybridized carbons (Fsp3) is 0.333. The fourth-order valence-corrected chi connectivity index (χ4v) is 2.55. The second-order valence-electron chi connectivity index (χ2n) is 4.81. The zero-order valence-corrected chi connectivity index (χ0v) is 10.4. The van der Waals surface area contributed by atoms with Crippen LogP contribution in [0.3, 0.4) is 0 Å². The van der Waals surface area contributed by atoms with Crippen LogP contribution in [0.5, 0.6) is 0 Å². The van der Waals surface area contributed by atoms with Gasteiger partial charge in [0, 0.05) is 31.4 Å². The SMILES string of the molecule is c1ccc(CN2CCC(c3ncccn3)C2)cc1. The molecule has 18 heavy (non-hydrogen) atoms.